The van der Waals surface area contributed by atoms with Crippen LogP contribution in [0.5, 0.6) is 0 Å². The molecule has 2 heterocycles. The second-order valence-electron chi connectivity index (χ2n) is 8.97. The second-order valence-corrected chi connectivity index (χ2v) is 8.97. The molecule has 0 bridgehead atoms. The Balaban J connectivity index is 1.78. The molecule has 4 rings (SSSR count). The smallest absolute Gasteiger partial charge is 0.282 e. The van der Waals surface area contributed by atoms with Gasteiger partial charge in [-0.3, -0.25) is 9.59 Å². The van der Waals surface area contributed by atoms with Crippen LogP contribution in [0.15, 0.2) is 54.2 Å². The van der Waals surface area contributed by atoms with Crippen LogP contribution in [0.3, 0.4) is 0 Å². The highest BCUT2D eigenvalue weighted by molar-refractivity contribution is 6.45. The number of aryl methyl sites for hydroxylation is 1. The molecule has 2 aliphatic rings. The maximum absolute atomic E-state index is 13.6. The number of carbonyl (C=O) groups excluding carboxylic acids is 2. The Morgan fingerprint density at radius 2 is 1.60 bits per heavy atom. The first-order valence-electron chi connectivity index (χ1n) is 10.9. The fourth-order valence-corrected chi connectivity index (χ4v) is 4.43. The summed E-state index contributed by atoms with van der Waals surface area (Å²) >= 11 is 0. The van der Waals surface area contributed by atoms with Crippen LogP contribution in [0.1, 0.15) is 56.2 Å². The zero-order valence-corrected chi connectivity index (χ0v) is 18.3. The van der Waals surface area contributed by atoms with Gasteiger partial charge >= 0.3 is 0 Å². The van der Waals surface area contributed by atoms with E-state index in [4.69, 9.17) is 0 Å². The van der Waals surface area contributed by atoms with Crippen molar-refractivity contribution in [1.29, 1.82) is 0 Å². The predicted molar refractivity (Wildman–Crippen MR) is 121 cm³/mol. The molecule has 2 aromatic rings. The van der Waals surface area contributed by atoms with E-state index < -0.39 is 0 Å². The average Bonchev–Trinajstić information content (AvgIpc) is 2.99. The average molecular weight is 403 g/mol. The molecule has 1 fully saturated rings. The van der Waals surface area contributed by atoms with Crippen molar-refractivity contribution in [3.8, 4) is 0 Å². The number of nitrogens with zero attached hydrogens (tertiary/aromatic N) is 2. The molecule has 4 heteroatoms. The van der Waals surface area contributed by atoms with Crippen molar-refractivity contribution in [2.24, 2.45) is 5.92 Å². The standard InChI is InChI=1S/C26H30N2O2/c1-17(2)20-11-13-22(14-12-20)28-25(29)23(21-9-7-18(3)8-10-21)24(26(28)30)27-15-5-6-19(4)16-27/h7-14,17,19H,5-6,15-16H2,1-4H3. The number of rotatable bonds is 4. The normalized spacial score (nSPS) is 20.0. The van der Waals surface area contributed by atoms with Crippen molar-refractivity contribution in [3.63, 3.8) is 0 Å². The molecule has 0 radical (unpaired) electrons. The first kappa shape index (κ1) is 20.4. The quantitative estimate of drug-likeness (QED) is 0.665. The summed E-state index contributed by atoms with van der Waals surface area (Å²) in [5.41, 5.74) is 4.86. The van der Waals surface area contributed by atoms with E-state index in [0.717, 1.165) is 37.1 Å². The van der Waals surface area contributed by atoms with Crippen LogP contribution in [0, 0.1) is 12.8 Å². The van der Waals surface area contributed by atoms with Gasteiger partial charge in [0.05, 0.1) is 11.3 Å². The topological polar surface area (TPSA) is 40.6 Å². The van der Waals surface area contributed by atoms with Gasteiger partial charge < -0.3 is 4.90 Å². The van der Waals surface area contributed by atoms with Crippen molar-refractivity contribution >= 4 is 23.1 Å². The zero-order valence-electron chi connectivity index (χ0n) is 18.3. The highest BCUT2D eigenvalue weighted by Crippen LogP contribution is 2.36. The monoisotopic (exact) mass is 402 g/mol. The number of imide groups is 1. The minimum atomic E-state index is -0.227. The largest absolute Gasteiger partial charge is 0.366 e. The van der Waals surface area contributed by atoms with Crippen LogP contribution in [-0.4, -0.2) is 29.8 Å². The third-order valence-electron chi connectivity index (χ3n) is 6.19. The SMILES string of the molecule is Cc1ccc(C2=C(N3CCCC(C)C3)C(=O)N(c3ccc(C(C)C)cc3)C2=O)cc1. The summed E-state index contributed by atoms with van der Waals surface area (Å²) in [4.78, 5) is 30.7. The van der Waals surface area contributed by atoms with Crippen molar-refractivity contribution < 1.29 is 9.59 Å². The lowest BCUT2D eigenvalue weighted by Gasteiger charge is -2.33. The second kappa shape index (κ2) is 8.10. The van der Waals surface area contributed by atoms with Gasteiger partial charge in [-0.15, -0.1) is 0 Å². The molecule has 2 aliphatic heterocycles. The summed E-state index contributed by atoms with van der Waals surface area (Å²) in [7, 11) is 0. The van der Waals surface area contributed by atoms with Crippen molar-refractivity contribution in [1.82, 2.24) is 4.90 Å². The molecule has 156 valence electrons. The van der Waals surface area contributed by atoms with Gasteiger partial charge in [0.25, 0.3) is 11.8 Å². The molecule has 1 unspecified atom stereocenters. The van der Waals surface area contributed by atoms with Gasteiger partial charge in [-0.05, 0) is 54.9 Å². The van der Waals surface area contributed by atoms with Crippen LogP contribution in [-0.2, 0) is 9.59 Å². The number of benzene rings is 2. The summed E-state index contributed by atoms with van der Waals surface area (Å²) in [6.07, 6.45) is 2.20. The van der Waals surface area contributed by atoms with Crippen LogP contribution in [0.2, 0.25) is 0 Å². The number of hydrogen-bond donors (Lipinski definition) is 0. The number of hydrogen-bond acceptors (Lipinski definition) is 3. The molecule has 0 saturated carbocycles. The van der Waals surface area contributed by atoms with E-state index in [0.29, 0.717) is 28.8 Å². The molecule has 30 heavy (non-hydrogen) atoms. The van der Waals surface area contributed by atoms with Gasteiger partial charge in [0.2, 0.25) is 0 Å². The Bertz CT molecular complexity index is 987. The van der Waals surface area contributed by atoms with Gasteiger partial charge in [0.15, 0.2) is 0 Å². The third kappa shape index (κ3) is 3.67. The first-order valence-corrected chi connectivity index (χ1v) is 10.9. The molecule has 2 aromatic carbocycles. The molecule has 0 N–H and O–H groups in total. The van der Waals surface area contributed by atoms with Crippen LogP contribution in [0.4, 0.5) is 5.69 Å². The highest BCUT2D eigenvalue weighted by atomic mass is 16.2. The number of amides is 2. The Morgan fingerprint density at radius 3 is 2.20 bits per heavy atom. The Morgan fingerprint density at radius 1 is 0.933 bits per heavy atom. The Labute approximate surface area is 179 Å². The first-order chi connectivity index (χ1) is 14.4. The number of anilines is 1. The van der Waals surface area contributed by atoms with E-state index in [1.807, 2.05) is 55.5 Å². The summed E-state index contributed by atoms with van der Waals surface area (Å²) in [5.74, 6) is 0.472. The van der Waals surface area contributed by atoms with Gasteiger partial charge in [-0.1, -0.05) is 62.7 Å². The van der Waals surface area contributed by atoms with E-state index in [9.17, 15) is 9.59 Å². The Kier molecular flexibility index (Phi) is 5.50. The lowest BCUT2D eigenvalue weighted by atomic mass is 9.97. The third-order valence-corrected chi connectivity index (χ3v) is 6.19. The molecule has 0 aliphatic carbocycles. The van der Waals surface area contributed by atoms with Crippen LogP contribution < -0.4 is 4.90 Å². The van der Waals surface area contributed by atoms with Crippen molar-refractivity contribution in [2.45, 2.75) is 46.5 Å². The van der Waals surface area contributed by atoms with Crippen LogP contribution >= 0.6 is 0 Å². The van der Waals surface area contributed by atoms with Gasteiger partial charge in [-0.25, -0.2) is 4.90 Å². The fraction of sp³-hybridized carbons (Fsp3) is 0.385. The molecule has 4 nitrogen and oxygen atoms in total. The molecule has 1 saturated heterocycles. The molecule has 0 spiro atoms. The molecule has 0 aromatic heterocycles. The molecule has 2 amide bonds. The minimum Gasteiger partial charge on any atom is -0.366 e. The number of carbonyl (C=O) groups is 2. The lowest BCUT2D eigenvalue weighted by Crippen LogP contribution is -2.39. The van der Waals surface area contributed by atoms with Gasteiger partial charge in [0.1, 0.15) is 5.70 Å². The highest BCUT2D eigenvalue weighted by Gasteiger charge is 2.43. The van der Waals surface area contributed by atoms with Crippen molar-refractivity contribution in [3.05, 3.63) is 70.9 Å². The maximum Gasteiger partial charge on any atom is 0.282 e. The van der Waals surface area contributed by atoms with E-state index in [1.54, 1.807) is 0 Å². The summed E-state index contributed by atoms with van der Waals surface area (Å²) in [5, 5.41) is 0. The molecule has 1 atom stereocenters. The van der Waals surface area contributed by atoms with Crippen LogP contribution in [0.25, 0.3) is 5.57 Å². The molecular weight excluding hydrogens is 372 g/mol. The zero-order chi connectivity index (χ0) is 21.4. The maximum atomic E-state index is 13.6. The number of likely N-dealkylation sites (tertiary alicyclic amines) is 1. The van der Waals surface area contributed by atoms with Crippen molar-refractivity contribution in [2.75, 3.05) is 18.0 Å². The van der Waals surface area contributed by atoms with E-state index in [-0.39, 0.29) is 11.8 Å². The van der Waals surface area contributed by atoms with Gasteiger partial charge in [-0.2, -0.15) is 0 Å². The lowest BCUT2D eigenvalue weighted by molar-refractivity contribution is -0.120. The summed E-state index contributed by atoms with van der Waals surface area (Å²) < 4.78 is 0. The summed E-state index contributed by atoms with van der Waals surface area (Å²) in [6, 6.07) is 15.7. The number of piperidine rings is 1. The van der Waals surface area contributed by atoms with E-state index in [2.05, 4.69) is 25.7 Å². The van der Waals surface area contributed by atoms with E-state index in [1.165, 1.54) is 10.5 Å². The Hall–Kier alpha value is -2.88. The molecular formula is C26H30N2O2. The van der Waals surface area contributed by atoms with E-state index >= 15 is 0 Å². The summed E-state index contributed by atoms with van der Waals surface area (Å²) in [6.45, 7) is 10.1. The predicted octanol–water partition coefficient (Wildman–Crippen LogP) is 5.13. The van der Waals surface area contributed by atoms with Gasteiger partial charge in [0, 0.05) is 13.1 Å². The minimum absolute atomic E-state index is 0.207. The fourth-order valence-electron chi connectivity index (χ4n) is 4.43.